The minimum absolute atomic E-state index is 0.229. The molecule has 0 fully saturated rings. The first kappa shape index (κ1) is 21.6. The first-order valence-corrected chi connectivity index (χ1v) is 11.8. The summed E-state index contributed by atoms with van der Waals surface area (Å²) in [6.07, 6.45) is 0. The zero-order valence-corrected chi connectivity index (χ0v) is 18.8. The van der Waals surface area contributed by atoms with Gasteiger partial charge in [-0.25, -0.2) is 8.42 Å². The van der Waals surface area contributed by atoms with E-state index in [4.69, 9.17) is 0 Å². The Balaban J connectivity index is 1.70. The van der Waals surface area contributed by atoms with Crippen LogP contribution in [0.25, 0.3) is 5.57 Å². The molecule has 7 heteroatoms. The van der Waals surface area contributed by atoms with Gasteiger partial charge in [0.05, 0.1) is 5.69 Å². The summed E-state index contributed by atoms with van der Waals surface area (Å²) in [4.78, 5) is 15.1. The number of hydrogen-bond donors (Lipinski definition) is 1. The van der Waals surface area contributed by atoms with Crippen LogP contribution in [-0.2, 0) is 14.8 Å². The minimum Gasteiger partial charge on any atom is -0.373 e. The molecule has 1 N–H and O–H groups in total. The van der Waals surface area contributed by atoms with Crippen molar-refractivity contribution in [2.45, 2.75) is 0 Å². The van der Waals surface area contributed by atoms with Gasteiger partial charge in [0, 0.05) is 44.0 Å². The van der Waals surface area contributed by atoms with Crippen LogP contribution in [0.15, 0.2) is 89.8 Å². The highest BCUT2D eigenvalue weighted by atomic mass is 32.2. The molecule has 0 saturated heterocycles. The van der Waals surface area contributed by atoms with Gasteiger partial charge in [-0.3, -0.25) is 9.10 Å². The maximum Gasteiger partial charge on any atom is 0.270 e. The van der Waals surface area contributed by atoms with Crippen LogP contribution < -0.4 is 14.5 Å². The van der Waals surface area contributed by atoms with Crippen molar-refractivity contribution in [2.24, 2.45) is 0 Å². The molecule has 164 valence electrons. The minimum atomic E-state index is -4.03. The number of carbonyl (C=O) groups excluding carboxylic acids is 1. The number of rotatable bonds is 6. The number of nitrogens with zero attached hydrogens (tertiary/aromatic N) is 2. The highest BCUT2D eigenvalue weighted by Gasteiger charge is 2.39. The van der Waals surface area contributed by atoms with Gasteiger partial charge in [-0.2, -0.15) is 0 Å². The van der Waals surface area contributed by atoms with E-state index in [1.165, 1.54) is 11.4 Å². The van der Waals surface area contributed by atoms with Crippen LogP contribution in [0.3, 0.4) is 0 Å². The fraction of sp³-hybridized carbons (Fsp3) is 0.160. The molecule has 0 bridgehead atoms. The average Bonchev–Trinajstić information content (AvgIpc) is 2.82. The van der Waals surface area contributed by atoms with Gasteiger partial charge >= 0.3 is 0 Å². The van der Waals surface area contributed by atoms with E-state index < -0.39 is 15.9 Å². The van der Waals surface area contributed by atoms with Crippen molar-refractivity contribution in [1.29, 1.82) is 0 Å². The molecule has 1 aliphatic rings. The van der Waals surface area contributed by atoms with Crippen LogP contribution in [0.4, 0.5) is 11.4 Å². The number of fused-ring (bicyclic) bond motifs is 1. The molecule has 1 amide bonds. The zero-order chi connectivity index (χ0) is 22.7. The number of likely N-dealkylation sites (N-methyl/N-ethyl adjacent to an activating group) is 1. The number of amides is 1. The van der Waals surface area contributed by atoms with Gasteiger partial charge in [0.2, 0.25) is 0 Å². The van der Waals surface area contributed by atoms with Gasteiger partial charge in [0.1, 0.15) is 0 Å². The van der Waals surface area contributed by atoms with Crippen molar-refractivity contribution in [2.75, 3.05) is 36.4 Å². The zero-order valence-electron chi connectivity index (χ0n) is 18.0. The largest absolute Gasteiger partial charge is 0.373 e. The van der Waals surface area contributed by atoms with Crippen LogP contribution in [-0.4, -0.2) is 41.5 Å². The molecule has 0 aromatic heterocycles. The summed E-state index contributed by atoms with van der Waals surface area (Å²) in [5.74, 6) is -0.605. The Kier molecular flexibility index (Phi) is 6.01. The first-order valence-electron chi connectivity index (χ1n) is 10.3. The van der Waals surface area contributed by atoms with Gasteiger partial charge in [-0.1, -0.05) is 66.7 Å². The summed E-state index contributed by atoms with van der Waals surface area (Å²) in [5, 5.41) is 2.82. The Morgan fingerprint density at radius 2 is 1.50 bits per heavy atom. The van der Waals surface area contributed by atoms with E-state index in [1.807, 2.05) is 84.7 Å². The number of anilines is 2. The summed E-state index contributed by atoms with van der Waals surface area (Å²) in [5.41, 5.74) is 3.38. The predicted octanol–water partition coefficient (Wildman–Crippen LogP) is 3.48. The Hall–Kier alpha value is -3.58. The van der Waals surface area contributed by atoms with Gasteiger partial charge in [-0.15, -0.1) is 0 Å². The molecule has 3 aromatic carbocycles. The molecule has 1 heterocycles. The quantitative estimate of drug-likeness (QED) is 0.628. The third kappa shape index (κ3) is 3.99. The summed E-state index contributed by atoms with van der Waals surface area (Å²) >= 11 is 0. The molecule has 0 atom stereocenters. The van der Waals surface area contributed by atoms with Crippen molar-refractivity contribution in [3.05, 3.63) is 101 Å². The Morgan fingerprint density at radius 1 is 0.906 bits per heavy atom. The smallest absolute Gasteiger partial charge is 0.270 e. The van der Waals surface area contributed by atoms with Crippen molar-refractivity contribution in [1.82, 2.24) is 5.32 Å². The molecule has 32 heavy (non-hydrogen) atoms. The number of sulfonamides is 1. The monoisotopic (exact) mass is 447 g/mol. The number of para-hydroxylation sites is 2. The number of nitrogens with one attached hydrogen (secondary N) is 1. The normalized spacial score (nSPS) is 14.6. The lowest BCUT2D eigenvalue weighted by Gasteiger charge is -2.31. The fourth-order valence-corrected chi connectivity index (χ4v) is 5.31. The standard InChI is InChI=1S/C25H25N3O3S/c1-27(20-13-7-4-8-14-20)18-17-26-25(29)24-23(19-11-5-3-6-12-19)21-15-9-10-16-22(21)28(2)32(24,30)31/h3-16H,17-18H2,1-2H3,(H,26,29). The van der Waals surface area contributed by atoms with Crippen LogP contribution in [0.5, 0.6) is 0 Å². The molecule has 0 saturated carbocycles. The molecule has 0 spiro atoms. The average molecular weight is 448 g/mol. The van der Waals surface area contributed by atoms with E-state index >= 15 is 0 Å². The molecule has 0 radical (unpaired) electrons. The maximum absolute atomic E-state index is 13.4. The Labute approximate surface area is 188 Å². The lowest BCUT2D eigenvalue weighted by Crippen LogP contribution is -2.41. The Morgan fingerprint density at radius 3 is 2.19 bits per heavy atom. The highest BCUT2D eigenvalue weighted by Crippen LogP contribution is 2.41. The van der Waals surface area contributed by atoms with Crippen LogP contribution in [0, 0.1) is 0 Å². The number of hydrogen-bond acceptors (Lipinski definition) is 4. The predicted molar refractivity (Wildman–Crippen MR) is 129 cm³/mol. The van der Waals surface area contributed by atoms with Crippen molar-refractivity contribution < 1.29 is 13.2 Å². The second-order valence-corrected chi connectivity index (χ2v) is 9.48. The van der Waals surface area contributed by atoms with Gasteiger partial charge in [0.25, 0.3) is 15.9 Å². The van der Waals surface area contributed by atoms with E-state index in [9.17, 15) is 13.2 Å². The third-order valence-corrected chi connectivity index (χ3v) is 7.38. The molecule has 4 rings (SSSR count). The molecule has 1 aliphatic heterocycles. The lowest BCUT2D eigenvalue weighted by atomic mass is 9.95. The number of benzene rings is 3. The lowest BCUT2D eigenvalue weighted by molar-refractivity contribution is -0.116. The van der Waals surface area contributed by atoms with Crippen LogP contribution in [0.1, 0.15) is 11.1 Å². The number of carbonyl (C=O) groups is 1. The van der Waals surface area contributed by atoms with E-state index in [-0.39, 0.29) is 4.91 Å². The van der Waals surface area contributed by atoms with Crippen molar-refractivity contribution >= 4 is 32.9 Å². The molecule has 3 aromatic rings. The van der Waals surface area contributed by atoms with Crippen molar-refractivity contribution in [3.8, 4) is 0 Å². The molecule has 0 unspecified atom stereocenters. The SMILES string of the molecule is CN(CCNC(=O)C1=C(c2ccccc2)c2ccccc2N(C)S1(=O)=O)c1ccccc1. The fourth-order valence-electron chi connectivity index (χ4n) is 3.83. The molecule has 6 nitrogen and oxygen atoms in total. The van der Waals surface area contributed by atoms with Crippen LogP contribution in [0.2, 0.25) is 0 Å². The molecule has 0 aliphatic carbocycles. The maximum atomic E-state index is 13.4. The Bertz CT molecular complexity index is 1260. The molecular formula is C25H25N3O3S. The second kappa shape index (κ2) is 8.88. The van der Waals surface area contributed by atoms with E-state index in [0.29, 0.717) is 35.5 Å². The third-order valence-electron chi connectivity index (χ3n) is 5.56. The summed E-state index contributed by atoms with van der Waals surface area (Å²) in [6.45, 7) is 0.840. The van der Waals surface area contributed by atoms with Crippen LogP contribution >= 0.6 is 0 Å². The first-order chi connectivity index (χ1) is 15.4. The summed E-state index contributed by atoms with van der Waals surface area (Å²) in [7, 11) is -0.621. The topological polar surface area (TPSA) is 69.7 Å². The highest BCUT2D eigenvalue weighted by molar-refractivity contribution is 7.97. The van der Waals surface area contributed by atoms with Crippen molar-refractivity contribution in [3.63, 3.8) is 0 Å². The van der Waals surface area contributed by atoms with Gasteiger partial charge in [0.15, 0.2) is 4.91 Å². The second-order valence-electron chi connectivity index (χ2n) is 7.57. The summed E-state index contributed by atoms with van der Waals surface area (Å²) < 4.78 is 28.0. The van der Waals surface area contributed by atoms with Gasteiger partial charge in [-0.05, 0) is 23.8 Å². The molecular weight excluding hydrogens is 422 g/mol. The van der Waals surface area contributed by atoms with Gasteiger partial charge < -0.3 is 10.2 Å². The van der Waals surface area contributed by atoms with E-state index in [0.717, 1.165) is 5.69 Å². The van der Waals surface area contributed by atoms with E-state index in [1.54, 1.807) is 12.1 Å². The van der Waals surface area contributed by atoms with E-state index in [2.05, 4.69) is 5.32 Å². The summed E-state index contributed by atoms with van der Waals surface area (Å²) in [6, 6.07) is 26.2.